The van der Waals surface area contributed by atoms with E-state index >= 15 is 0 Å². The highest BCUT2D eigenvalue weighted by molar-refractivity contribution is 9.11. The second-order valence-electron chi connectivity index (χ2n) is 4.08. The molecule has 2 rings (SSSR count). The molecular weight excluding hydrogens is 393 g/mol. The zero-order chi connectivity index (χ0) is 14.0. The minimum Gasteiger partial charge on any atom is -0.308 e. The Morgan fingerprint density at radius 1 is 1.42 bits per heavy atom. The average Bonchev–Trinajstić information content (AvgIpc) is 2.74. The molecule has 1 heterocycles. The van der Waals surface area contributed by atoms with Gasteiger partial charge in [-0.2, -0.15) is 5.10 Å². The van der Waals surface area contributed by atoms with Crippen LogP contribution >= 0.6 is 43.5 Å². The topological polar surface area (TPSA) is 29.9 Å². The van der Waals surface area contributed by atoms with E-state index in [1.165, 1.54) is 0 Å². The number of aromatic nitrogens is 2. The van der Waals surface area contributed by atoms with Crippen molar-refractivity contribution in [2.24, 2.45) is 0 Å². The third-order valence-electron chi connectivity index (χ3n) is 2.97. The number of hydrogen-bond donors (Lipinski definition) is 1. The largest absolute Gasteiger partial charge is 0.308 e. The minimum absolute atomic E-state index is 0.00238. The van der Waals surface area contributed by atoms with E-state index in [0.717, 1.165) is 26.7 Å². The van der Waals surface area contributed by atoms with Crippen molar-refractivity contribution in [1.29, 1.82) is 0 Å². The number of rotatable bonds is 4. The van der Waals surface area contributed by atoms with Crippen molar-refractivity contribution in [3.8, 4) is 0 Å². The number of nitrogens with one attached hydrogen (secondary N) is 1. The molecule has 0 spiro atoms. The van der Waals surface area contributed by atoms with Crippen LogP contribution in [0.1, 0.15) is 24.2 Å². The molecule has 19 heavy (non-hydrogen) atoms. The fraction of sp³-hybridized carbons (Fsp3) is 0.308. The molecule has 1 aromatic heterocycles. The van der Waals surface area contributed by atoms with Crippen LogP contribution in [0.3, 0.4) is 0 Å². The first kappa shape index (κ1) is 15.0. The van der Waals surface area contributed by atoms with Crippen molar-refractivity contribution in [2.45, 2.75) is 19.5 Å². The fourth-order valence-electron chi connectivity index (χ4n) is 2.09. The van der Waals surface area contributed by atoms with E-state index in [2.05, 4.69) is 55.3 Å². The molecule has 6 heteroatoms. The third kappa shape index (κ3) is 3.05. The first-order valence-corrected chi connectivity index (χ1v) is 7.88. The van der Waals surface area contributed by atoms with Gasteiger partial charge >= 0.3 is 0 Å². The van der Waals surface area contributed by atoms with E-state index < -0.39 is 0 Å². The van der Waals surface area contributed by atoms with Gasteiger partial charge in [0.05, 0.1) is 23.0 Å². The summed E-state index contributed by atoms with van der Waals surface area (Å²) in [5, 5.41) is 8.28. The Morgan fingerprint density at radius 3 is 2.74 bits per heavy atom. The summed E-state index contributed by atoms with van der Waals surface area (Å²) in [5.41, 5.74) is 2.11. The van der Waals surface area contributed by atoms with Gasteiger partial charge in [0.1, 0.15) is 0 Å². The first-order chi connectivity index (χ1) is 9.08. The number of nitrogens with zero attached hydrogens (tertiary/aromatic N) is 2. The Kier molecular flexibility index (Phi) is 5.06. The molecule has 0 bridgehead atoms. The second-order valence-corrected chi connectivity index (χ2v) is 6.26. The smallest absolute Gasteiger partial charge is 0.0837 e. The molecule has 3 nitrogen and oxygen atoms in total. The molecule has 1 aromatic carbocycles. The monoisotopic (exact) mass is 405 g/mol. The fourth-order valence-corrected chi connectivity index (χ4v) is 3.61. The van der Waals surface area contributed by atoms with Crippen molar-refractivity contribution in [1.82, 2.24) is 15.1 Å². The maximum atomic E-state index is 6.28. The predicted octanol–water partition coefficient (Wildman–Crippen LogP) is 4.39. The maximum absolute atomic E-state index is 6.28. The van der Waals surface area contributed by atoms with Crippen molar-refractivity contribution >= 4 is 43.5 Å². The van der Waals surface area contributed by atoms with Gasteiger partial charge in [-0.05, 0) is 31.7 Å². The van der Waals surface area contributed by atoms with Crippen molar-refractivity contribution < 1.29 is 0 Å². The standard InChI is InChI=1S/C13H14Br2ClN3/c1-3-19-13(11(16)7-18-19)12(17-2)9-5-4-8(14)6-10(9)15/h4-7,12,17H,3H2,1-2H3. The summed E-state index contributed by atoms with van der Waals surface area (Å²) in [6.07, 6.45) is 1.69. The summed E-state index contributed by atoms with van der Waals surface area (Å²) in [4.78, 5) is 0. The molecule has 1 N–H and O–H groups in total. The Bertz CT molecular complexity index is 583. The lowest BCUT2D eigenvalue weighted by Gasteiger charge is -2.20. The molecule has 0 fully saturated rings. The first-order valence-electron chi connectivity index (χ1n) is 5.91. The van der Waals surface area contributed by atoms with E-state index in [9.17, 15) is 0 Å². The highest BCUT2D eigenvalue weighted by Gasteiger charge is 2.22. The second kappa shape index (κ2) is 6.39. The van der Waals surface area contributed by atoms with Crippen molar-refractivity contribution in [3.63, 3.8) is 0 Å². The van der Waals surface area contributed by atoms with E-state index in [1.54, 1.807) is 6.20 Å². The molecule has 1 atom stereocenters. The molecule has 102 valence electrons. The van der Waals surface area contributed by atoms with Gasteiger partial charge in [0.15, 0.2) is 0 Å². The predicted molar refractivity (Wildman–Crippen MR) is 85.7 cm³/mol. The molecule has 0 aliphatic rings. The molecule has 1 unspecified atom stereocenters. The van der Waals surface area contributed by atoms with Gasteiger partial charge in [-0.3, -0.25) is 4.68 Å². The zero-order valence-electron chi connectivity index (χ0n) is 10.6. The third-order valence-corrected chi connectivity index (χ3v) is 4.44. The van der Waals surface area contributed by atoms with Crippen LogP contribution in [0.2, 0.25) is 5.02 Å². The number of aryl methyl sites for hydroxylation is 1. The minimum atomic E-state index is -0.00238. The molecule has 0 radical (unpaired) electrons. The van der Waals surface area contributed by atoms with E-state index in [4.69, 9.17) is 11.6 Å². The lowest BCUT2D eigenvalue weighted by molar-refractivity contribution is 0.562. The van der Waals surface area contributed by atoms with Gasteiger partial charge in [-0.1, -0.05) is 49.5 Å². The summed E-state index contributed by atoms with van der Waals surface area (Å²) in [7, 11) is 1.92. The lowest BCUT2D eigenvalue weighted by atomic mass is 10.0. The van der Waals surface area contributed by atoms with Crippen LogP contribution in [0.15, 0.2) is 33.3 Å². The molecule has 0 amide bonds. The lowest BCUT2D eigenvalue weighted by Crippen LogP contribution is -2.22. The van der Waals surface area contributed by atoms with E-state index in [-0.39, 0.29) is 6.04 Å². The SMILES string of the molecule is CCn1ncc(Cl)c1C(NC)c1ccc(Br)cc1Br. The number of halogens is 3. The van der Waals surface area contributed by atoms with Crippen LogP contribution in [0.25, 0.3) is 0 Å². The Balaban J connectivity index is 2.52. The van der Waals surface area contributed by atoms with Crippen LogP contribution in [0.4, 0.5) is 0 Å². The van der Waals surface area contributed by atoms with Gasteiger partial charge in [0.2, 0.25) is 0 Å². The van der Waals surface area contributed by atoms with Crippen LogP contribution in [-0.2, 0) is 6.54 Å². The van der Waals surface area contributed by atoms with Crippen LogP contribution in [0.5, 0.6) is 0 Å². The summed E-state index contributed by atoms with van der Waals surface area (Å²) in [6, 6.07) is 6.11. The zero-order valence-corrected chi connectivity index (χ0v) is 14.6. The average molecular weight is 408 g/mol. The molecule has 2 aromatic rings. The molecular formula is C13H14Br2ClN3. The summed E-state index contributed by atoms with van der Waals surface area (Å²) < 4.78 is 3.98. The molecule has 0 saturated heterocycles. The summed E-state index contributed by atoms with van der Waals surface area (Å²) in [5.74, 6) is 0. The highest BCUT2D eigenvalue weighted by atomic mass is 79.9. The number of hydrogen-bond acceptors (Lipinski definition) is 2. The summed E-state index contributed by atoms with van der Waals surface area (Å²) in [6.45, 7) is 2.84. The van der Waals surface area contributed by atoms with Crippen LogP contribution in [-0.4, -0.2) is 16.8 Å². The number of benzene rings is 1. The van der Waals surface area contributed by atoms with Crippen molar-refractivity contribution in [2.75, 3.05) is 7.05 Å². The normalized spacial score (nSPS) is 12.7. The van der Waals surface area contributed by atoms with Gasteiger partial charge in [-0.25, -0.2) is 0 Å². The van der Waals surface area contributed by atoms with Crippen LogP contribution in [0, 0.1) is 0 Å². The summed E-state index contributed by atoms with van der Waals surface area (Å²) >= 11 is 13.3. The molecule has 0 saturated carbocycles. The Morgan fingerprint density at radius 2 is 2.16 bits per heavy atom. The molecule has 0 aliphatic carbocycles. The van der Waals surface area contributed by atoms with Crippen molar-refractivity contribution in [3.05, 3.63) is 49.6 Å². The maximum Gasteiger partial charge on any atom is 0.0837 e. The Labute approximate surface area is 134 Å². The highest BCUT2D eigenvalue weighted by Crippen LogP contribution is 2.33. The van der Waals surface area contributed by atoms with Gasteiger partial charge in [0, 0.05) is 15.5 Å². The van der Waals surface area contributed by atoms with Gasteiger partial charge < -0.3 is 5.32 Å². The Hall–Kier alpha value is -0.360. The van der Waals surface area contributed by atoms with E-state index in [1.807, 2.05) is 23.9 Å². The van der Waals surface area contributed by atoms with Crippen LogP contribution < -0.4 is 5.32 Å². The van der Waals surface area contributed by atoms with E-state index in [0.29, 0.717) is 5.02 Å². The molecule has 0 aliphatic heterocycles. The van der Waals surface area contributed by atoms with Gasteiger partial charge in [-0.15, -0.1) is 0 Å². The van der Waals surface area contributed by atoms with Gasteiger partial charge in [0.25, 0.3) is 0 Å². The quantitative estimate of drug-likeness (QED) is 0.815.